The zero-order valence-electron chi connectivity index (χ0n) is 13.4. The minimum Gasteiger partial charge on any atom is -0.423 e. The van der Waals surface area contributed by atoms with E-state index in [1.54, 1.807) is 0 Å². The quantitative estimate of drug-likeness (QED) is 0.785. The van der Waals surface area contributed by atoms with E-state index in [4.69, 9.17) is 4.42 Å². The van der Waals surface area contributed by atoms with Gasteiger partial charge in [0, 0.05) is 20.0 Å². The van der Waals surface area contributed by atoms with E-state index < -0.39 is 0 Å². The van der Waals surface area contributed by atoms with Crippen LogP contribution in [0.3, 0.4) is 0 Å². The van der Waals surface area contributed by atoms with Crippen LogP contribution in [0.2, 0.25) is 0 Å². The van der Waals surface area contributed by atoms with Crippen molar-refractivity contribution in [1.82, 2.24) is 20.0 Å². The maximum atomic E-state index is 12.5. The molecule has 2 atom stereocenters. The van der Waals surface area contributed by atoms with E-state index in [1.165, 1.54) is 25.7 Å². The molecule has 1 aromatic rings. The summed E-state index contributed by atoms with van der Waals surface area (Å²) in [6.07, 6.45) is 7.71. The first-order valence-electron chi connectivity index (χ1n) is 8.50. The highest BCUT2D eigenvalue weighted by molar-refractivity contribution is 5.78. The molecule has 3 fully saturated rings. The number of aromatic nitrogens is 2. The van der Waals surface area contributed by atoms with Crippen molar-refractivity contribution in [2.24, 2.45) is 5.41 Å². The molecule has 1 spiro atoms. The lowest BCUT2D eigenvalue weighted by Crippen LogP contribution is -2.41. The molecule has 1 aromatic heterocycles. The molecular formula is C16H24N4O2. The van der Waals surface area contributed by atoms with Crippen molar-refractivity contribution in [2.75, 3.05) is 13.6 Å². The fourth-order valence-electron chi connectivity index (χ4n) is 4.17. The molecule has 6 nitrogen and oxygen atoms in total. The number of amides is 2. The second-order valence-electron chi connectivity index (χ2n) is 7.14. The number of nitrogens with zero attached hydrogens (tertiary/aromatic N) is 4. The highest BCUT2D eigenvalue weighted by atomic mass is 16.4. The average Bonchev–Trinajstić information content (AvgIpc) is 3.03. The van der Waals surface area contributed by atoms with E-state index in [9.17, 15) is 4.79 Å². The number of unbranched alkanes of at least 4 members (excludes halogenated alkanes) is 2. The number of fused-ring (bicyclic) bond motifs is 3. The van der Waals surface area contributed by atoms with Gasteiger partial charge >= 0.3 is 6.03 Å². The molecule has 0 radical (unpaired) electrons. The molecular weight excluding hydrogens is 280 g/mol. The SMILES string of the molecule is CCCCCc1nnc([C@@H]2CC3(CC3)[C@@H]3CN2C(=O)N3C)o1. The second kappa shape index (κ2) is 4.96. The summed E-state index contributed by atoms with van der Waals surface area (Å²) >= 11 is 0. The summed E-state index contributed by atoms with van der Waals surface area (Å²) in [5.41, 5.74) is 0.304. The zero-order valence-corrected chi connectivity index (χ0v) is 13.4. The molecule has 0 unspecified atom stereocenters. The van der Waals surface area contributed by atoms with Crippen LogP contribution in [0.15, 0.2) is 4.42 Å². The smallest absolute Gasteiger partial charge is 0.320 e. The van der Waals surface area contributed by atoms with E-state index in [-0.39, 0.29) is 12.1 Å². The molecule has 3 aliphatic rings. The number of rotatable bonds is 5. The molecule has 2 aliphatic heterocycles. The Kier molecular flexibility index (Phi) is 3.16. The lowest BCUT2D eigenvalue weighted by molar-refractivity contribution is 0.125. The molecule has 1 aliphatic carbocycles. The van der Waals surface area contributed by atoms with Gasteiger partial charge in [-0.2, -0.15) is 0 Å². The number of likely N-dealkylation sites (N-methyl/N-ethyl adjacent to an activating group) is 1. The summed E-state index contributed by atoms with van der Waals surface area (Å²) in [7, 11) is 1.93. The van der Waals surface area contributed by atoms with E-state index >= 15 is 0 Å². The fourth-order valence-corrected chi connectivity index (χ4v) is 4.17. The Hall–Kier alpha value is -1.59. The van der Waals surface area contributed by atoms with Gasteiger partial charge in [0.2, 0.25) is 11.8 Å². The molecule has 2 amide bonds. The van der Waals surface area contributed by atoms with Gasteiger partial charge in [-0.25, -0.2) is 4.79 Å². The van der Waals surface area contributed by atoms with Crippen LogP contribution in [-0.4, -0.2) is 45.7 Å². The van der Waals surface area contributed by atoms with Crippen molar-refractivity contribution in [3.05, 3.63) is 11.8 Å². The lowest BCUT2D eigenvalue weighted by atomic mass is 9.85. The minimum atomic E-state index is -0.0244. The van der Waals surface area contributed by atoms with Gasteiger partial charge in [-0.3, -0.25) is 0 Å². The van der Waals surface area contributed by atoms with Crippen LogP contribution in [0.1, 0.15) is 63.3 Å². The van der Waals surface area contributed by atoms with Gasteiger partial charge < -0.3 is 14.2 Å². The van der Waals surface area contributed by atoms with Gasteiger partial charge in [0.25, 0.3) is 0 Å². The summed E-state index contributed by atoms with van der Waals surface area (Å²) in [5, 5.41) is 8.45. The third kappa shape index (κ3) is 2.03. The number of hydrogen-bond acceptors (Lipinski definition) is 4. The van der Waals surface area contributed by atoms with Crippen molar-refractivity contribution in [2.45, 2.75) is 64.0 Å². The molecule has 3 heterocycles. The molecule has 22 heavy (non-hydrogen) atoms. The van der Waals surface area contributed by atoms with Gasteiger partial charge in [-0.15, -0.1) is 10.2 Å². The Bertz CT molecular complexity index is 580. The second-order valence-corrected chi connectivity index (χ2v) is 7.14. The molecule has 2 bridgehead atoms. The van der Waals surface area contributed by atoms with Crippen LogP contribution < -0.4 is 0 Å². The Morgan fingerprint density at radius 2 is 2.14 bits per heavy atom. The molecule has 0 aromatic carbocycles. The average molecular weight is 304 g/mol. The highest BCUT2D eigenvalue weighted by Gasteiger charge is 2.62. The first kappa shape index (κ1) is 14.0. The summed E-state index contributed by atoms with van der Waals surface area (Å²) in [5.74, 6) is 1.36. The summed E-state index contributed by atoms with van der Waals surface area (Å²) < 4.78 is 5.89. The zero-order chi connectivity index (χ0) is 15.3. The monoisotopic (exact) mass is 304 g/mol. The molecule has 6 heteroatoms. The van der Waals surface area contributed by atoms with Gasteiger partial charge in [0.1, 0.15) is 6.04 Å². The number of piperidine rings is 1. The Morgan fingerprint density at radius 3 is 2.86 bits per heavy atom. The molecule has 1 saturated carbocycles. The number of hydrogen-bond donors (Lipinski definition) is 0. The van der Waals surface area contributed by atoms with Crippen LogP contribution >= 0.6 is 0 Å². The fraction of sp³-hybridized carbons (Fsp3) is 0.812. The third-order valence-corrected chi connectivity index (χ3v) is 5.72. The van der Waals surface area contributed by atoms with Crippen LogP contribution in [0.25, 0.3) is 0 Å². The van der Waals surface area contributed by atoms with Crippen LogP contribution in [0.4, 0.5) is 4.79 Å². The standard InChI is InChI=1S/C16H24N4O2/c1-3-4-5-6-13-17-18-14(22-13)11-9-16(7-8-16)12-10-20(11)15(21)19(12)2/h11-12H,3-10H2,1-2H3/t11-,12-/m0/s1. The van der Waals surface area contributed by atoms with E-state index in [2.05, 4.69) is 17.1 Å². The summed E-state index contributed by atoms with van der Waals surface area (Å²) in [6, 6.07) is 0.469. The highest BCUT2D eigenvalue weighted by Crippen LogP contribution is 2.61. The number of aryl methyl sites for hydroxylation is 1. The molecule has 120 valence electrons. The predicted molar refractivity (Wildman–Crippen MR) is 80.2 cm³/mol. The Morgan fingerprint density at radius 1 is 1.32 bits per heavy atom. The van der Waals surface area contributed by atoms with Crippen molar-refractivity contribution in [3.8, 4) is 0 Å². The summed E-state index contributed by atoms with van der Waals surface area (Å²) in [4.78, 5) is 16.3. The van der Waals surface area contributed by atoms with Crippen LogP contribution in [-0.2, 0) is 6.42 Å². The summed E-state index contributed by atoms with van der Waals surface area (Å²) in [6.45, 7) is 3.00. The lowest BCUT2D eigenvalue weighted by Gasteiger charge is -2.35. The minimum absolute atomic E-state index is 0.0244. The first-order valence-corrected chi connectivity index (χ1v) is 8.50. The van der Waals surface area contributed by atoms with Gasteiger partial charge in [0.05, 0.1) is 6.04 Å². The van der Waals surface area contributed by atoms with E-state index in [0.29, 0.717) is 17.3 Å². The number of urea groups is 1. The van der Waals surface area contributed by atoms with Crippen LogP contribution in [0, 0.1) is 5.41 Å². The van der Waals surface area contributed by atoms with E-state index in [1.807, 2.05) is 16.8 Å². The Balaban J connectivity index is 1.54. The predicted octanol–water partition coefficient (Wildman–Crippen LogP) is 2.76. The van der Waals surface area contributed by atoms with Gasteiger partial charge in [-0.05, 0) is 31.1 Å². The number of carbonyl (C=O) groups is 1. The van der Waals surface area contributed by atoms with Gasteiger partial charge in [0.15, 0.2) is 0 Å². The maximum Gasteiger partial charge on any atom is 0.320 e. The van der Waals surface area contributed by atoms with Crippen molar-refractivity contribution < 1.29 is 9.21 Å². The van der Waals surface area contributed by atoms with Gasteiger partial charge in [-0.1, -0.05) is 19.8 Å². The van der Waals surface area contributed by atoms with E-state index in [0.717, 1.165) is 31.7 Å². The van der Waals surface area contributed by atoms with Crippen LogP contribution in [0.5, 0.6) is 0 Å². The normalized spacial score (nSPS) is 28.7. The molecule has 2 saturated heterocycles. The number of carbonyl (C=O) groups excluding carboxylic acids is 1. The first-order chi connectivity index (χ1) is 10.6. The Labute approximate surface area is 130 Å². The maximum absolute atomic E-state index is 12.5. The molecule has 4 rings (SSSR count). The molecule has 0 N–H and O–H groups in total. The third-order valence-electron chi connectivity index (χ3n) is 5.72. The topological polar surface area (TPSA) is 62.5 Å². The van der Waals surface area contributed by atoms with Crippen molar-refractivity contribution in [1.29, 1.82) is 0 Å². The largest absolute Gasteiger partial charge is 0.423 e. The van der Waals surface area contributed by atoms with Crippen molar-refractivity contribution in [3.63, 3.8) is 0 Å². The van der Waals surface area contributed by atoms with Crippen molar-refractivity contribution >= 4 is 6.03 Å².